The number of ether oxygens (including phenoxy) is 1. The fraction of sp³-hybridized carbons (Fsp3) is 0.400. The van der Waals surface area contributed by atoms with Gasteiger partial charge in [0.2, 0.25) is 0 Å². The van der Waals surface area contributed by atoms with Gasteiger partial charge in [-0.05, 0) is 38.3 Å². The maximum Gasteiger partial charge on any atom is 0.330 e. The summed E-state index contributed by atoms with van der Waals surface area (Å²) >= 11 is 0. The lowest BCUT2D eigenvalue weighted by molar-refractivity contribution is -0.134. The molecule has 0 unspecified atom stereocenters. The van der Waals surface area contributed by atoms with Crippen molar-refractivity contribution in [2.24, 2.45) is 11.7 Å². The Morgan fingerprint density at radius 1 is 1.29 bits per heavy atom. The van der Waals surface area contributed by atoms with E-state index in [1.54, 1.807) is 0 Å². The number of nitrogens with two attached hydrogens (primary N) is 1. The minimum absolute atomic E-state index is 0.299. The average molecular weight is 328 g/mol. The normalized spacial score (nSPS) is 10.3. The van der Waals surface area contributed by atoms with Crippen molar-refractivity contribution >= 4 is 11.5 Å². The quantitative estimate of drug-likeness (QED) is 0.501. The molecule has 0 aliphatic rings. The van der Waals surface area contributed by atoms with Gasteiger partial charge in [0.15, 0.2) is 0 Å². The van der Waals surface area contributed by atoms with Crippen molar-refractivity contribution in [2.75, 3.05) is 13.7 Å². The molecular weight excluding hydrogens is 300 g/mol. The second kappa shape index (κ2) is 12.1. The zero-order valence-corrected chi connectivity index (χ0v) is 15.3. The zero-order chi connectivity index (χ0) is 18.5. The van der Waals surface area contributed by atoms with Gasteiger partial charge in [0.1, 0.15) is 0 Å². The highest BCUT2D eigenvalue weighted by Crippen LogP contribution is 2.16. The van der Waals surface area contributed by atoms with Gasteiger partial charge in [-0.3, -0.25) is 0 Å². The Hall–Kier alpha value is -2.38. The SMILES string of the molecule is CC(C)=C(C#N)c1ccccc1.COC(=O)/C=C(/CCN)C(C)C. The van der Waals surface area contributed by atoms with E-state index < -0.39 is 0 Å². The van der Waals surface area contributed by atoms with Gasteiger partial charge < -0.3 is 10.5 Å². The summed E-state index contributed by atoms with van der Waals surface area (Å²) in [6.45, 7) is 8.53. The first kappa shape index (κ1) is 21.6. The molecule has 0 saturated carbocycles. The minimum atomic E-state index is -0.299. The first-order valence-corrected chi connectivity index (χ1v) is 7.98. The molecule has 0 aliphatic carbocycles. The monoisotopic (exact) mass is 328 g/mol. The van der Waals surface area contributed by atoms with Crippen molar-refractivity contribution in [3.05, 3.63) is 53.1 Å². The summed E-state index contributed by atoms with van der Waals surface area (Å²) in [5, 5.41) is 8.84. The number of rotatable bonds is 5. The van der Waals surface area contributed by atoms with Crippen LogP contribution in [0.2, 0.25) is 0 Å². The molecule has 24 heavy (non-hydrogen) atoms. The van der Waals surface area contributed by atoms with Crippen molar-refractivity contribution in [2.45, 2.75) is 34.1 Å². The van der Waals surface area contributed by atoms with Crippen LogP contribution in [0.25, 0.3) is 5.57 Å². The second-order valence-electron chi connectivity index (χ2n) is 5.79. The van der Waals surface area contributed by atoms with Crippen LogP contribution in [0.3, 0.4) is 0 Å². The maximum atomic E-state index is 10.9. The van der Waals surface area contributed by atoms with E-state index in [1.807, 2.05) is 58.0 Å². The fourth-order valence-electron chi connectivity index (χ4n) is 1.97. The van der Waals surface area contributed by atoms with Crippen LogP contribution in [-0.2, 0) is 9.53 Å². The lowest BCUT2D eigenvalue weighted by atomic mass is 10.00. The number of nitriles is 1. The number of methoxy groups -OCH3 is 1. The number of esters is 1. The molecule has 0 fully saturated rings. The molecule has 4 nitrogen and oxygen atoms in total. The van der Waals surface area contributed by atoms with Gasteiger partial charge in [-0.2, -0.15) is 5.26 Å². The van der Waals surface area contributed by atoms with Gasteiger partial charge in [0, 0.05) is 6.08 Å². The molecule has 0 amide bonds. The maximum absolute atomic E-state index is 10.9. The molecule has 1 aromatic carbocycles. The molecule has 0 spiro atoms. The molecule has 0 aromatic heterocycles. The molecule has 2 N–H and O–H groups in total. The number of carbonyl (C=O) groups excluding carboxylic acids is 1. The van der Waals surface area contributed by atoms with Crippen LogP contribution in [0.4, 0.5) is 0 Å². The minimum Gasteiger partial charge on any atom is -0.466 e. The van der Waals surface area contributed by atoms with Crippen LogP contribution in [0.15, 0.2) is 47.6 Å². The predicted octanol–water partition coefficient (Wildman–Crippen LogP) is 4.09. The van der Waals surface area contributed by atoms with Crippen molar-refractivity contribution in [3.63, 3.8) is 0 Å². The summed E-state index contributed by atoms with van der Waals surface area (Å²) in [4.78, 5) is 10.9. The van der Waals surface area contributed by atoms with E-state index in [1.165, 1.54) is 13.2 Å². The molecular formula is C20H28N2O2. The molecule has 0 bridgehead atoms. The molecule has 4 heteroatoms. The van der Waals surface area contributed by atoms with E-state index in [-0.39, 0.29) is 5.97 Å². The van der Waals surface area contributed by atoms with Gasteiger partial charge in [0.05, 0.1) is 18.8 Å². The largest absolute Gasteiger partial charge is 0.466 e. The number of hydrogen-bond acceptors (Lipinski definition) is 4. The predicted molar refractivity (Wildman–Crippen MR) is 98.9 cm³/mol. The smallest absolute Gasteiger partial charge is 0.330 e. The van der Waals surface area contributed by atoms with E-state index >= 15 is 0 Å². The highest BCUT2D eigenvalue weighted by Gasteiger charge is 2.05. The van der Waals surface area contributed by atoms with Crippen LogP contribution in [0.1, 0.15) is 39.7 Å². The molecule has 0 atom stereocenters. The lowest BCUT2D eigenvalue weighted by Gasteiger charge is -2.08. The summed E-state index contributed by atoms with van der Waals surface area (Å²) in [6, 6.07) is 11.9. The van der Waals surface area contributed by atoms with Crippen molar-refractivity contribution in [1.82, 2.24) is 0 Å². The third-order valence-electron chi connectivity index (χ3n) is 3.35. The Kier molecular flexibility index (Phi) is 10.9. The molecule has 1 rings (SSSR count). The lowest BCUT2D eigenvalue weighted by Crippen LogP contribution is -2.07. The van der Waals surface area contributed by atoms with Gasteiger partial charge in [-0.1, -0.05) is 55.3 Å². The third-order valence-corrected chi connectivity index (χ3v) is 3.35. The molecule has 1 aromatic rings. The van der Waals surface area contributed by atoms with Crippen LogP contribution >= 0.6 is 0 Å². The third kappa shape index (κ3) is 8.30. The van der Waals surface area contributed by atoms with Crippen LogP contribution in [0, 0.1) is 17.2 Å². The summed E-state index contributed by atoms with van der Waals surface area (Å²) in [5.41, 5.74) is 9.27. The number of hydrogen-bond donors (Lipinski definition) is 1. The van der Waals surface area contributed by atoms with Gasteiger partial charge in [0.25, 0.3) is 0 Å². The topological polar surface area (TPSA) is 76.1 Å². The summed E-state index contributed by atoms with van der Waals surface area (Å²) in [7, 11) is 1.37. The fourth-order valence-corrected chi connectivity index (χ4v) is 1.97. The Bertz CT molecular complexity index is 604. The van der Waals surface area contributed by atoms with Crippen molar-refractivity contribution in [1.29, 1.82) is 5.26 Å². The summed E-state index contributed by atoms with van der Waals surface area (Å²) in [5.74, 6) is 0.0554. The van der Waals surface area contributed by atoms with E-state index in [4.69, 9.17) is 11.0 Å². The van der Waals surface area contributed by atoms with Crippen molar-refractivity contribution < 1.29 is 9.53 Å². The number of carbonyl (C=O) groups is 1. The Balaban J connectivity index is 0.000000441. The number of allylic oxidation sites excluding steroid dienone is 2. The van der Waals surface area contributed by atoms with E-state index in [0.717, 1.165) is 28.7 Å². The Morgan fingerprint density at radius 3 is 2.25 bits per heavy atom. The van der Waals surface area contributed by atoms with Gasteiger partial charge in [-0.15, -0.1) is 0 Å². The van der Waals surface area contributed by atoms with E-state index in [9.17, 15) is 4.79 Å². The first-order valence-electron chi connectivity index (χ1n) is 7.98. The van der Waals surface area contributed by atoms with Gasteiger partial charge in [-0.25, -0.2) is 4.79 Å². The molecule has 0 saturated heterocycles. The van der Waals surface area contributed by atoms with Crippen LogP contribution < -0.4 is 5.73 Å². The standard InChI is InChI=1S/C11H11N.C9H17NO2/c1-9(2)11(8-12)10-6-4-3-5-7-10;1-7(2)8(4-5-10)6-9(11)12-3/h3-7H,1-2H3;6-7H,4-5,10H2,1-3H3/b;8-6-. The highest BCUT2D eigenvalue weighted by atomic mass is 16.5. The summed E-state index contributed by atoms with van der Waals surface area (Å²) < 4.78 is 4.52. The highest BCUT2D eigenvalue weighted by molar-refractivity contribution is 5.82. The number of benzene rings is 1. The zero-order valence-electron chi connectivity index (χ0n) is 15.3. The Labute approximate surface area is 145 Å². The summed E-state index contributed by atoms with van der Waals surface area (Å²) in [6.07, 6.45) is 2.28. The molecule has 130 valence electrons. The molecule has 0 heterocycles. The van der Waals surface area contributed by atoms with E-state index in [0.29, 0.717) is 12.5 Å². The number of nitrogens with zero attached hydrogens (tertiary/aromatic N) is 1. The van der Waals surface area contributed by atoms with Crippen LogP contribution in [-0.4, -0.2) is 19.6 Å². The first-order chi connectivity index (χ1) is 11.4. The van der Waals surface area contributed by atoms with E-state index in [2.05, 4.69) is 10.8 Å². The van der Waals surface area contributed by atoms with Crippen LogP contribution in [0.5, 0.6) is 0 Å². The average Bonchev–Trinajstić information content (AvgIpc) is 2.56. The Morgan fingerprint density at radius 2 is 1.88 bits per heavy atom. The van der Waals surface area contributed by atoms with Gasteiger partial charge >= 0.3 is 5.97 Å². The molecule has 0 radical (unpaired) electrons. The second-order valence-corrected chi connectivity index (χ2v) is 5.79. The van der Waals surface area contributed by atoms with Crippen molar-refractivity contribution in [3.8, 4) is 6.07 Å². The molecule has 0 aliphatic heterocycles.